The zero-order chi connectivity index (χ0) is 13.0. The van der Waals surface area contributed by atoms with Crippen LogP contribution in [0.3, 0.4) is 0 Å². The molecule has 6 nitrogen and oxygen atoms in total. The third-order valence-corrected chi connectivity index (χ3v) is 2.57. The summed E-state index contributed by atoms with van der Waals surface area (Å²) >= 11 is 3.00. The first kappa shape index (κ1) is 13.4. The minimum Gasteiger partial charge on any atom is -0.481 e. The molecule has 0 fully saturated rings. The molecule has 1 unspecified atom stereocenters. The average Bonchev–Trinajstić information content (AvgIpc) is 2.20. The summed E-state index contributed by atoms with van der Waals surface area (Å²) in [6, 6.07) is 0.896. The maximum atomic E-state index is 11.7. The number of hydrogen-bond acceptors (Lipinski definition) is 3. The summed E-state index contributed by atoms with van der Waals surface area (Å²) in [6.45, 7) is 1.59. The molecule has 1 aromatic heterocycles. The van der Waals surface area contributed by atoms with Gasteiger partial charge in [-0.3, -0.25) is 14.4 Å². The Morgan fingerprint density at radius 2 is 2.24 bits per heavy atom. The lowest BCUT2D eigenvalue weighted by atomic mass is 10.2. The van der Waals surface area contributed by atoms with E-state index < -0.39 is 17.9 Å². The molecule has 3 N–H and O–H groups in total. The number of halogens is 1. The standard InChI is InChI=1S/C10H11BrN2O4/c1-5(2-8(14)15)13-9(16)6-3-7(11)10(17)12-4-6/h3-5H,2H2,1H3,(H,12,17)(H,13,16)(H,14,15). The monoisotopic (exact) mass is 302 g/mol. The Morgan fingerprint density at radius 3 is 2.76 bits per heavy atom. The molecular weight excluding hydrogens is 292 g/mol. The minimum absolute atomic E-state index is 0.156. The normalized spacial score (nSPS) is 11.9. The Morgan fingerprint density at radius 1 is 1.59 bits per heavy atom. The number of rotatable bonds is 4. The number of hydrogen-bond donors (Lipinski definition) is 3. The molecule has 0 bridgehead atoms. The highest BCUT2D eigenvalue weighted by Gasteiger charge is 2.13. The smallest absolute Gasteiger partial charge is 0.305 e. The van der Waals surface area contributed by atoms with Gasteiger partial charge in [0, 0.05) is 12.2 Å². The van der Waals surface area contributed by atoms with E-state index in [9.17, 15) is 14.4 Å². The summed E-state index contributed by atoms with van der Waals surface area (Å²) in [6.07, 6.45) is 1.12. The van der Waals surface area contributed by atoms with Crippen LogP contribution in [-0.2, 0) is 4.79 Å². The van der Waals surface area contributed by atoms with E-state index >= 15 is 0 Å². The van der Waals surface area contributed by atoms with Gasteiger partial charge in [-0.15, -0.1) is 0 Å². The number of amides is 1. The zero-order valence-corrected chi connectivity index (χ0v) is 10.6. The van der Waals surface area contributed by atoms with Crippen LogP contribution in [0.15, 0.2) is 21.5 Å². The second kappa shape index (κ2) is 5.62. The predicted molar refractivity (Wildman–Crippen MR) is 63.9 cm³/mol. The number of carboxylic acids is 1. The van der Waals surface area contributed by atoms with Crippen LogP contribution in [0.5, 0.6) is 0 Å². The van der Waals surface area contributed by atoms with Gasteiger partial charge in [0.15, 0.2) is 0 Å². The highest BCUT2D eigenvalue weighted by molar-refractivity contribution is 9.10. The number of carbonyl (C=O) groups is 2. The number of nitrogens with one attached hydrogen (secondary N) is 2. The van der Waals surface area contributed by atoms with E-state index in [1.165, 1.54) is 12.3 Å². The lowest BCUT2D eigenvalue weighted by Crippen LogP contribution is -2.34. The van der Waals surface area contributed by atoms with Gasteiger partial charge in [-0.2, -0.15) is 0 Å². The Balaban J connectivity index is 2.73. The van der Waals surface area contributed by atoms with E-state index in [1.54, 1.807) is 6.92 Å². The van der Waals surface area contributed by atoms with Crippen molar-refractivity contribution < 1.29 is 14.7 Å². The Kier molecular flexibility index (Phi) is 4.45. The first-order valence-electron chi connectivity index (χ1n) is 4.81. The molecule has 1 amide bonds. The second-order valence-electron chi connectivity index (χ2n) is 3.54. The van der Waals surface area contributed by atoms with E-state index in [2.05, 4.69) is 26.2 Å². The van der Waals surface area contributed by atoms with Crippen LogP contribution in [0.2, 0.25) is 0 Å². The number of carboxylic acid groups (broad SMARTS) is 1. The molecule has 0 spiro atoms. The van der Waals surface area contributed by atoms with E-state index in [-0.39, 0.29) is 22.0 Å². The fourth-order valence-corrected chi connectivity index (χ4v) is 1.57. The van der Waals surface area contributed by atoms with Crippen molar-refractivity contribution in [1.82, 2.24) is 10.3 Å². The van der Waals surface area contributed by atoms with Crippen molar-refractivity contribution in [3.8, 4) is 0 Å². The molecule has 0 saturated heterocycles. The van der Waals surface area contributed by atoms with Gasteiger partial charge >= 0.3 is 5.97 Å². The number of H-pyrrole nitrogens is 1. The molecule has 17 heavy (non-hydrogen) atoms. The summed E-state index contributed by atoms with van der Waals surface area (Å²) in [5.74, 6) is -1.42. The predicted octanol–water partition coefficient (Wildman–Crippen LogP) is 0.730. The molecular formula is C10H11BrN2O4. The van der Waals surface area contributed by atoms with E-state index in [1.807, 2.05) is 0 Å². The summed E-state index contributed by atoms with van der Waals surface area (Å²) < 4.78 is 0.246. The third kappa shape index (κ3) is 4.03. The number of pyridine rings is 1. The van der Waals surface area contributed by atoms with Gasteiger partial charge < -0.3 is 15.4 Å². The van der Waals surface area contributed by atoms with Crippen molar-refractivity contribution in [3.05, 3.63) is 32.7 Å². The van der Waals surface area contributed by atoms with Gasteiger partial charge in [-0.1, -0.05) is 0 Å². The first-order valence-corrected chi connectivity index (χ1v) is 5.60. The highest BCUT2D eigenvalue weighted by atomic mass is 79.9. The van der Waals surface area contributed by atoms with Crippen LogP contribution in [0.1, 0.15) is 23.7 Å². The van der Waals surface area contributed by atoms with Crippen molar-refractivity contribution >= 4 is 27.8 Å². The highest BCUT2D eigenvalue weighted by Crippen LogP contribution is 2.05. The number of aromatic nitrogens is 1. The summed E-state index contributed by atoms with van der Waals surface area (Å²) in [5.41, 5.74) is -0.0751. The van der Waals surface area contributed by atoms with Gasteiger partial charge in [0.2, 0.25) is 0 Å². The van der Waals surface area contributed by atoms with Crippen molar-refractivity contribution in [2.45, 2.75) is 19.4 Å². The molecule has 1 aromatic rings. The molecule has 0 aromatic carbocycles. The molecule has 1 heterocycles. The molecule has 7 heteroatoms. The maximum absolute atomic E-state index is 11.7. The maximum Gasteiger partial charge on any atom is 0.305 e. The third-order valence-electron chi connectivity index (χ3n) is 1.98. The lowest BCUT2D eigenvalue weighted by molar-refractivity contribution is -0.137. The van der Waals surface area contributed by atoms with Gasteiger partial charge in [-0.05, 0) is 28.9 Å². The average molecular weight is 303 g/mol. The lowest BCUT2D eigenvalue weighted by Gasteiger charge is -2.11. The van der Waals surface area contributed by atoms with Crippen molar-refractivity contribution in [1.29, 1.82) is 0 Å². The molecule has 0 aliphatic carbocycles. The molecule has 0 saturated carbocycles. The quantitative estimate of drug-likeness (QED) is 0.763. The van der Waals surface area contributed by atoms with E-state index in [0.717, 1.165) is 0 Å². The van der Waals surface area contributed by atoms with Crippen molar-refractivity contribution in [2.24, 2.45) is 0 Å². The SMILES string of the molecule is CC(CC(=O)O)NC(=O)c1c[nH]c(=O)c(Br)c1. The molecule has 1 atom stereocenters. The topological polar surface area (TPSA) is 99.3 Å². The molecule has 92 valence electrons. The Bertz CT molecular complexity index is 497. The fraction of sp³-hybridized carbons (Fsp3) is 0.300. The summed E-state index contributed by atoms with van der Waals surface area (Å²) in [4.78, 5) is 35.5. The van der Waals surface area contributed by atoms with Crippen molar-refractivity contribution in [3.63, 3.8) is 0 Å². The summed E-state index contributed by atoms with van der Waals surface area (Å²) in [5, 5.41) is 11.1. The molecule has 0 radical (unpaired) electrons. The van der Waals surface area contributed by atoms with Crippen LogP contribution in [0.25, 0.3) is 0 Å². The Hall–Kier alpha value is -1.63. The number of aromatic amines is 1. The van der Waals surface area contributed by atoms with Gasteiger partial charge in [0.25, 0.3) is 11.5 Å². The molecule has 1 rings (SSSR count). The van der Waals surface area contributed by atoms with Crippen LogP contribution in [0, 0.1) is 0 Å². The van der Waals surface area contributed by atoms with Crippen LogP contribution in [0.4, 0.5) is 0 Å². The van der Waals surface area contributed by atoms with Gasteiger partial charge in [0.05, 0.1) is 16.5 Å². The zero-order valence-electron chi connectivity index (χ0n) is 8.99. The number of carbonyl (C=O) groups excluding carboxylic acids is 1. The molecule has 0 aliphatic rings. The van der Waals surface area contributed by atoms with Crippen LogP contribution < -0.4 is 10.9 Å². The van der Waals surface area contributed by atoms with Gasteiger partial charge in [-0.25, -0.2) is 0 Å². The van der Waals surface area contributed by atoms with E-state index in [4.69, 9.17) is 5.11 Å². The largest absolute Gasteiger partial charge is 0.481 e. The van der Waals surface area contributed by atoms with Crippen molar-refractivity contribution in [2.75, 3.05) is 0 Å². The first-order chi connectivity index (χ1) is 7.90. The minimum atomic E-state index is -0.986. The van der Waals surface area contributed by atoms with Crippen LogP contribution >= 0.6 is 15.9 Å². The summed E-state index contributed by atoms with van der Waals surface area (Å²) in [7, 11) is 0. The second-order valence-corrected chi connectivity index (χ2v) is 4.39. The van der Waals surface area contributed by atoms with E-state index in [0.29, 0.717) is 0 Å². The number of aliphatic carboxylic acids is 1. The molecule has 0 aliphatic heterocycles. The Labute approximate surface area is 105 Å². The fourth-order valence-electron chi connectivity index (χ4n) is 1.21. The van der Waals surface area contributed by atoms with Crippen LogP contribution in [-0.4, -0.2) is 28.0 Å². The van der Waals surface area contributed by atoms with Gasteiger partial charge in [0.1, 0.15) is 0 Å².